The monoisotopic (exact) mass is 481 g/mol. The molecule has 0 radical (unpaired) electrons. The third-order valence-electron chi connectivity index (χ3n) is 8.77. The van der Waals surface area contributed by atoms with Gasteiger partial charge in [-0.2, -0.15) is 10.2 Å². The molecule has 184 valence electrons. The van der Waals surface area contributed by atoms with Crippen LogP contribution in [-0.4, -0.2) is 48.6 Å². The van der Waals surface area contributed by atoms with Gasteiger partial charge in [0.1, 0.15) is 0 Å². The quantitative estimate of drug-likeness (QED) is 0.472. The van der Waals surface area contributed by atoms with Gasteiger partial charge >= 0.3 is 6.03 Å². The summed E-state index contributed by atoms with van der Waals surface area (Å²) in [6.45, 7) is 2.40. The SMILES string of the molecule is Cn1nccc1C1(NC(=O)N2CCC3(CCn4nc(-c5cnc6ccccc6c5)cc43)C2)CCCC1. The number of amides is 2. The zero-order valence-corrected chi connectivity index (χ0v) is 20.7. The molecule has 1 atom stereocenters. The first-order valence-corrected chi connectivity index (χ1v) is 13.0. The number of carbonyl (C=O) groups is 1. The summed E-state index contributed by atoms with van der Waals surface area (Å²) < 4.78 is 4.07. The number of aromatic nitrogens is 5. The van der Waals surface area contributed by atoms with Crippen molar-refractivity contribution in [1.29, 1.82) is 0 Å². The molecule has 2 amide bonds. The van der Waals surface area contributed by atoms with Gasteiger partial charge in [-0.1, -0.05) is 31.0 Å². The predicted octanol–water partition coefficient (Wildman–Crippen LogP) is 4.36. The lowest BCUT2D eigenvalue weighted by Gasteiger charge is -2.33. The summed E-state index contributed by atoms with van der Waals surface area (Å²) in [5.74, 6) is 0. The molecule has 8 heteroatoms. The number of hydrogen-bond acceptors (Lipinski definition) is 4. The third kappa shape index (κ3) is 3.27. The first kappa shape index (κ1) is 21.6. The van der Waals surface area contributed by atoms with Crippen molar-refractivity contribution >= 4 is 16.9 Å². The summed E-state index contributed by atoms with van der Waals surface area (Å²) in [4.78, 5) is 20.2. The van der Waals surface area contributed by atoms with Crippen molar-refractivity contribution in [3.05, 3.63) is 66.2 Å². The average Bonchev–Trinajstić information content (AvgIpc) is 3.71. The van der Waals surface area contributed by atoms with E-state index in [9.17, 15) is 4.79 Å². The Morgan fingerprint density at radius 2 is 1.83 bits per heavy atom. The van der Waals surface area contributed by atoms with Gasteiger partial charge < -0.3 is 10.2 Å². The molecule has 2 aliphatic heterocycles. The topological polar surface area (TPSA) is 80.9 Å². The van der Waals surface area contributed by atoms with Gasteiger partial charge in [-0.15, -0.1) is 0 Å². The van der Waals surface area contributed by atoms with Crippen LogP contribution in [0.25, 0.3) is 22.2 Å². The lowest BCUT2D eigenvalue weighted by molar-refractivity contribution is 0.187. The minimum atomic E-state index is -0.314. The number of carbonyl (C=O) groups excluding carboxylic acids is 1. The zero-order valence-electron chi connectivity index (χ0n) is 20.7. The number of likely N-dealkylation sites (tertiary alicyclic amines) is 1. The van der Waals surface area contributed by atoms with Gasteiger partial charge in [0, 0.05) is 61.1 Å². The van der Waals surface area contributed by atoms with Gasteiger partial charge in [0.25, 0.3) is 0 Å². The van der Waals surface area contributed by atoms with Crippen LogP contribution in [-0.2, 0) is 24.5 Å². The molecular weight excluding hydrogens is 450 g/mol. The largest absolute Gasteiger partial charge is 0.327 e. The van der Waals surface area contributed by atoms with Crippen LogP contribution in [0.3, 0.4) is 0 Å². The Morgan fingerprint density at radius 3 is 2.67 bits per heavy atom. The van der Waals surface area contributed by atoms with Crippen molar-refractivity contribution in [3.63, 3.8) is 0 Å². The normalized spacial score (nSPS) is 22.5. The standard InChI is InChI=1S/C28H31N7O/c1-33-24(8-13-30-33)28(9-4-5-10-28)31-26(36)34-14-11-27(19-34)12-15-35-25(27)17-23(32-35)21-16-20-6-2-3-7-22(20)29-18-21/h2-3,6-8,13,16-18H,4-5,9-12,14-15,19H2,1H3,(H,31,36). The summed E-state index contributed by atoms with van der Waals surface area (Å²) in [6, 6.07) is 14.7. The Hall–Kier alpha value is -3.68. The molecule has 1 aliphatic carbocycles. The highest BCUT2D eigenvalue weighted by atomic mass is 16.2. The number of fused-ring (bicyclic) bond motifs is 3. The molecular formula is C28H31N7O. The molecule has 1 spiro atoms. The van der Waals surface area contributed by atoms with Crippen molar-refractivity contribution < 1.29 is 4.79 Å². The molecule has 1 unspecified atom stereocenters. The number of nitrogens with zero attached hydrogens (tertiary/aromatic N) is 6. The van der Waals surface area contributed by atoms with Gasteiger partial charge in [0.15, 0.2) is 0 Å². The summed E-state index contributed by atoms with van der Waals surface area (Å²) in [5.41, 5.74) is 5.02. The zero-order chi connectivity index (χ0) is 24.3. The summed E-state index contributed by atoms with van der Waals surface area (Å²) in [7, 11) is 1.97. The maximum atomic E-state index is 13.6. The molecule has 1 N–H and O–H groups in total. The number of para-hydroxylation sites is 1. The van der Waals surface area contributed by atoms with E-state index in [1.165, 1.54) is 5.69 Å². The summed E-state index contributed by atoms with van der Waals surface area (Å²) in [6.07, 6.45) is 9.93. The summed E-state index contributed by atoms with van der Waals surface area (Å²) >= 11 is 0. The highest BCUT2D eigenvalue weighted by Gasteiger charge is 2.48. The Balaban J connectivity index is 1.13. The molecule has 3 aliphatic rings. The molecule has 7 rings (SSSR count). The van der Waals surface area contributed by atoms with Crippen molar-refractivity contribution in [1.82, 2.24) is 34.8 Å². The highest BCUT2D eigenvalue weighted by Crippen LogP contribution is 2.44. The fourth-order valence-corrected chi connectivity index (χ4v) is 6.82. The third-order valence-corrected chi connectivity index (χ3v) is 8.77. The Morgan fingerprint density at radius 1 is 1.00 bits per heavy atom. The molecule has 3 aromatic heterocycles. The molecule has 1 aromatic carbocycles. The van der Waals surface area contributed by atoms with E-state index in [4.69, 9.17) is 5.10 Å². The van der Waals surface area contributed by atoms with E-state index in [2.05, 4.69) is 44.3 Å². The van der Waals surface area contributed by atoms with E-state index in [0.717, 1.165) is 86.0 Å². The van der Waals surface area contributed by atoms with Crippen LogP contribution in [0, 0.1) is 0 Å². The first-order chi connectivity index (χ1) is 17.6. The second kappa shape index (κ2) is 7.91. The van der Waals surface area contributed by atoms with Crippen LogP contribution in [0.1, 0.15) is 49.9 Å². The average molecular weight is 482 g/mol. The maximum absolute atomic E-state index is 13.6. The van der Waals surface area contributed by atoms with Crippen LogP contribution in [0.5, 0.6) is 0 Å². The van der Waals surface area contributed by atoms with Crippen LogP contribution in [0.15, 0.2) is 54.9 Å². The van der Waals surface area contributed by atoms with E-state index < -0.39 is 0 Å². The molecule has 1 saturated heterocycles. The first-order valence-electron chi connectivity index (χ1n) is 13.0. The Kier molecular flexibility index (Phi) is 4.75. The van der Waals surface area contributed by atoms with E-state index in [0.29, 0.717) is 0 Å². The van der Waals surface area contributed by atoms with E-state index in [-0.39, 0.29) is 17.0 Å². The minimum Gasteiger partial charge on any atom is -0.327 e. The second-order valence-electron chi connectivity index (χ2n) is 10.8. The molecule has 4 aromatic rings. The van der Waals surface area contributed by atoms with Gasteiger partial charge in [-0.05, 0) is 49.9 Å². The van der Waals surface area contributed by atoms with Gasteiger partial charge in [0.05, 0.1) is 22.4 Å². The predicted molar refractivity (Wildman–Crippen MR) is 137 cm³/mol. The van der Waals surface area contributed by atoms with E-state index in [1.807, 2.05) is 47.2 Å². The number of rotatable bonds is 3. The molecule has 5 heterocycles. The molecule has 2 fully saturated rings. The van der Waals surface area contributed by atoms with Crippen LogP contribution in [0.4, 0.5) is 4.79 Å². The number of aryl methyl sites for hydroxylation is 2. The smallest absolute Gasteiger partial charge is 0.318 e. The Labute approximate surface area is 210 Å². The lowest BCUT2D eigenvalue weighted by Crippen LogP contribution is -2.50. The lowest BCUT2D eigenvalue weighted by atomic mass is 9.82. The fourth-order valence-electron chi connectivity index (χ4n) is 6.82. The number of benzene rings is 1. The Bertz CT molecular complexity index is 1460. The summed E-state index contributed by atoms with van der Waals surface area (Å²) in [5, 5.41) is 13.9. The maximum Gasteiger partial charge on any atom is 0.318 e. The number of urea groups is 1. The van der Waals surface area contributed by atoms with Crippen molar-refractivity contribution in [2.24, 2.45) is 7.05 Å². The number of pyridine rings is 1. The van der Waals surface area contributed by atoms with Gasteiger partial charge in [-0.3, -0.25) is 14.3 Å². The molecule has 0 bridgehead atoms. The highest BCUT2D eigenvalue weighted by molar-refractivity contribution is 5.83. The van der Waals surface area contributed by atoms with Crippen molar-refractivity contribution in [3.8, 4) is 11.3 Å². The van der Waals surface area contributed by atoms with Gasteiger partial charge in [-0.25, -0.2) is 4.79 Å². The van der Waals surface area contributed by atoms with Gasteiger partial charge in [0.2, 0.25) is 0 Å². The van der Waals surface area contributed by atoms with Crippen LogP contribution in [0.2, 0.25) is 0 Å². The van der Waals surface area contributed by atoms with Crippen molar-refractivity contribution in [2.45, 2.75) is 56.0 Å². The van der Waals surface area contributed by atoms with Crippen molar-refractivity contribution in [2.75, 3.05) is 13.1 Å². The van der Waals surface area contributed by atoms with E-state index in [1.54, 1.807) is 0 Å². The molecule has 1 saturated carbocycles. The minimum absolute atomic E-state index is 0.0256. The number of hydrogen-bond donors (Lipinski definition) is 1. The van der Waals surface area contributed by atoms with E-state index >= 15 is 0 Å². The molecule has 36 heavy (non-hydrogen) atoms. The van der Waals surface area contributed by atoms with Crippen LogP contribution < -0.4 is 5.32 Å². The fraction of sp³-hybridized carbons (Fsp3) is 0.429. The second-order valence-corrected chi connectivity index (χ2v) is 10.8. The molecule has 8 nitrogen and oxygen atoms in total. The number of nitrogens with one attached hydrogen (secondary N) is 1. The van der Waals surface area contributed by atoms with Crippen LogP contribution >= 0.6 is 0 Å².